The Balaban J connectivity index is 1.54. The summed E-state index contributed by atoms with van der Waals surface area (Å²) in [4.78, 5) is 0. The topological polar surface area (TPSA) is 9.23 Å². The lowest BCUT2D eigenvalue weighted by Gasteiger charge is -2.16. The molecule has 1 unspecified atom stereocenters. The number of rotatable bonds is 0. The van der Waals surface area contributed by atoms with Crippen molar-refractivity contribution in [2.75, 3.05) is 0 Å². The highest BCUT2D eigenvalue weighted by atomic mass is 19.4. The first-order valence-electron chi connectivity index (χ1n) is 7.45. The van der Waals surface area contributed by atoms with Crippen LogP contribution in [0.25, 0.3) is 0 Å². The molecule has 0 amide bonds. The maximum absolute atomic E-state index is 12.5. The summed E-state index contributed by atoms with van der Waals surface area (Å²) in [6.07, 6.45) is -3.38. The third-order valence-electron chi connectivity index (χ3n) is 4.41. The minimum absolute atomic E-state index is 0.0156. The molecule has 0 spiro atoms. The molecule has 4 rings (SSSR count). The molecule has 0 aliphatic carbocycles. The standard InChI is InChI=1S/C19H13F3O/c20-19(21,22)14-9-6-12(7-10-14)5-8-13-11-17-15-3-1-2-4-16(15)18(13)23-17/h1-4,6-7,9-10,13,17-18H,11H2/t13?,17-,18+/m1/s1. The van der Waals surface area contributed by atoms with E-state index >= 15 is 0 Å². The van der Waals surface area contributed by atoms with E-state index in [0.717, 1.165) is 18.6 Å². The zero-order chi connectivity index (χ0) is 16.0. The fraction of sp³-hybridized carbons (Fsp3) is 0.263. The lowest BCUT2D eigenvalue weighted by atomic mass is 9.84. The predicted octanol–water partition coefficient (Wildman–Crippen LogP) is 4.89. The van der Waals surface area contributed by atoms with Crippen LogP contribution in [-0.4, -0.2) is 0 Å². The summed E-state index contributed by atoms with van der Waals surface area (Å²) >= 11 is 0. The Bertz CT molecular complexity index is 796. The Morgan fingerprint density at radius 3 is 2.35 bits per heavy atom. The number of benzene rings is 2. The SMILES string of the molecule is FC(F)(F)c1ccc(C#CC2C[C@H]3O[C@@H]2c2ccccc23)cc1. The third-order valence-corrected chi connectivity index (χ3v) is 4.41. The van der Waals surface area contributed by atoms with Crippen LogP contribution in [-0.2, 0) is 10.9 Å². The second-order valence-corrected chi connectivity index (χ2v) is 5.86. The minimum Gasteiger partial charge on any atom is -0.364 e. The molecule has 0 aromatic heterocycles. The molecule has 2 heterocycles. The highest BCUT2D eigenvalue weighted by molar-refractivity contribution is 5.42. The van der Waals surface area contributed by atoms with Gasteiger partial charge in [0.05, 0.1) is 23.7 Å². The van der Waals surface area contributed by atoms with Gasteiger partial charge in [-0.05, 0) is 41.8 Å². The van der Waals surface area contributed by atoms with Crippen LogP contribution in [0.1, 0.15) is 40.9 Å². The highest BCUT2D eigenvalue weighted by Crippen LogP contribution is 2.53. The quantitative estimate of drug-likeness (QED) is 0.629. The van der Waals surface area contributed by atoms with Gasteiger partial charge in [0, 0.05) is 5.56 Å². The first kappa shape index (κ1) is 14.3. The molecule has 0 N–H and O–H groups in total. The average molecular weight is 314 g/mol. The van der Waals surface area contributed by atoms with Crippen LogP contribution >= 0.6 is 0 Å². The molecule has 3 atom stereocenters. The molecule has 23 heavy (non-hydrogen) atoms. The van der Waals surface area contributed by atoms with Gasteiger partial charge < -0.3 is 4.74 Å². The maximum atomic E-state index is 12.5. The van der Waals surface area contributed by atoms with Crippen LogP contribution < -0.4 is 0 Å². The lowest BCUT2D eigenvalue weighted by molar-refractivity contribution is -0.137. The largest absolute Gasteiger partial charge is 0.416 e. The fourth-order valence-corrected chi connectivity index (χ4v) is 3.29. The number of alkyl halides is 3. The predicted molar refractivity (Wildman–Crippen MR) is 79.4 cm³/mol. The zero-order valence-corrected chi connectivity index (χ0v) is 12.1. The van der Waals surface area contributed by atoms with E-state index in [4.69, 9.17) is 4.74 Å². The van der Waals surface area contributed by atoms with Crippen LogP contribution in [0.4, 0.5) is 13.2 Å². The number of ether oxygens (including phenoxy) is 1. The monoisotopic (exact) mass is 314 g/mol. The molecule has 4 heteroatoms. The van der Waals surface area contributed by atoms with Crippen molar-refractivity contribution in [3.8, 4) is 11.8 Å². The number of fused-ring (bicyclic) bond motifs is 5. The van der Waals surface area contributed by atoms with E-state index in [0.29, 0.717) is 5.56 Å². The second-order valence-electron chi connectivity index (χ2n) is 5.86. The van der Waals surface area contributed by atoms with E-state index < -0.39 is 11.7 Å². The Morgan fingerprint density at radius 2 is 1.65 bits per heavy atom. The molecule has 1 nitrogen and oxygen atoms in total. The van der Waals surface area contributed by atoms with Gasteiger partial charge in [0.1, 0.15) is 0 Å². The van der Waals surface area contributed by atoms with Crippen molar-refractivity contribution < 1.29 is 17.9 Å². The third kappa shape index (κ3) is 2.51. The molecular weight excluding hydrogens is 301 g/mol. The molecular formula is C19H13F3O. The van der Waals surface area contributed by atoms with Crippen molar-refractivity contribution >= 4 is 0 Å². The first-order chi connectivity index (χ1) is 11.0. The van der Waals surface area contributed by atoms with Gasteiger partial charge >= 0.3 is 6.18 Å². The molecule has 2 aromatic carbocycles. The molecule has 1 fully saturated rings. The van der Waals surface area contributed by atoms with Crippen molar-refractivity contribution in [1.29, 1.82) is 0 Å². The van der Waals surface area contributed by atoms with Gasteiger partial charge in [0.15, 0.2) is 0 Å². The highest BCUT2D eigenvalue weighted by Gasteiger charge is 2.44. The van der Waals surface area contributed by atoms with Crippen LogP contribution in [0.15, 0.2) is 48.5 Å². The van der Waals surface area contributed by atoms with Crippen molar-refractivity contribution in [3.63, 3.8) is 0 Å². The lowest BCUT2D eigenvalue weighted by Crippen LogP contribution is -2.08. The molecule has 1 saturated heterocycles. The molecule has 0 saturated carbocycles. The van der Waals surface area contributed by atoms with E-state index in [-0.39, 0.29) is 18.1 Å². The first-order valence-corrected chi connectivity index (χ1v) is 7.45. The smallest absolute Gasteiger partial charge is 0.364 e. The van der Waals surface area contributed by atoms with Crippen molar-refractivity contribution in [2.24, 2.45) is 5.92 Å². The summed E-state index contributed by atoms with van der Waals surface area (Å²) in [5, 5.41) is 0. The minimum atomic E-state index is -4.31. The van der Waals surface area contributed by atoms with Gasteiger partial charge in [-0.1, -0.05) is 36.1 Å². The van der Waals surface area contributed by atoms with E-state index in [9.17, 15) is 13.2 Å². The summed E-state index contributed by atoms with van der Waals surface area (Å²) in [5.41, 5.74) is 2.37. The van der Waals surface area contributed by atoms with E-state index in [2.05, 4.69) is 24.0 Å². The Kier molecular flexibility index (Phi) is 3.21. The summed E-state index contributed by atoms with van der Waals surface area (Å²) in [5.74, 6) is 6.25. The Morgan fingerprint density at radius 1 is 0.957 bits per heavy atom. The molecule has 2 aromatic rings. The van der Waals surface area contributed by atoms with Crippen LogP contribution in [0.2, 0.25) is 0 Å². The molecule has 116 valence electrons. The van der Waals surface area contributed by atoms with Gasteiger partial charge in [-0.15, -0.1) is 0 Å². The number of hydrogen-bond acceptors (Lipinski definition) is 1. The summed E-state index contributed by atoms with van der Waals surface area (Å²) < 4.78 is 43.6. The fourth-order valence-electron chi connectivity index (χ4n) is 3.29. The zero-order valence-electron chi connectivity index (χ0n) is 12.1. The van der Waals surface area contributed by atoms with E-state index in [1.54, 1.807) is 0 Å². The van der Waals surface area contributed by atoms with Crippen molar-refractivity contribution in [1.82, 2.24) is 0 Å². The Hall–Kier alpha value is -2.25. The van der Waals surface area contributed by atoms with Crippen molar-refractivity contribution in [3.05, 3.63) is 70.8 Å². The average Bonchev–Trinajstić information content (AvgIpc) is 3.12. The Labute approximate surface area is 132 Å². The second kappa shape index (κ2) is 5.14. The van der Waals surface area contributed by atoms with Gasteiger partial charge in [-0.2, -0.15) is 13.2 Å². The van der Waals surface area contributed by atoms with Crippen LogP contribution in [0.5, 0.6) is 0 Å². The van der Waals surface area contributed by atoms with Gasteiger partial charge in [0.25, 0.3) is 0 Å². The van der Waals surface area contributed by atoms with Gasteiger partial charge in [-0.25, -0.2) is 0 Å². The van der Waals surface area contributed by atoms with E-state index in [1.165, 1.54) is 23.3 Å². The molecule has 0 radical (unpaired) electrons. The number of hydrogen-bond donors (Lipinski definition) is 0. The normalized spacial score (nSPS) is 24.9. The number of halogens is 3. The molecule has 2 aliphatic rings. The summed E-state index contributed by atoms with van der Waals surface area (Å²) in [7, 11) is 0. The summed E-state index contributed by atoms with van der Waals surface area (Å²) in [6, 6.07) is 13.1. The van der Waals surface area contributed by atoms with Crippen LogP contribution in [0.3, 0.4) is 0 Å². The molecule has 2 aliphatic heterocycles. The van der Waals surface area contributed by atoms with Gasteiger partial charge in [0.2, 0.25) is 0 Å². The van der Waals surface area contributed by atoms with Crippen LogP contribution in [0, 0.1) is 17.8 Å². The van der Waals surface area contributed by atoms with E-state index in [1.807, 2.05) is 12.1 Å². The van der Waals surface area contributed by atoms with Crippen molar-refractivity contribution in [2.45, 2.75) is 24.8 Å². The molecule has 2 bridgehead atoms. The summed E-state index contributed by atoms with van der Waals surface area (Å²) in [6.45, 7) is 0. The van der Waals surface area contributed by atoms with Gasteiger partial charge in [-0.3, -0.25) is 0 Å². The maximum Gasteiger partial charge on any atom is 0.416 e.